The van der Waals surface area contributed by atoms with Crippen molar-refractivity contribution in [1.82, 2.24) is 20.1 Å². The number of anilines is 1. The SMILES string of the molecule is COc1cc2c(Oc3ccc(NC(=O)C(C)c4nnc(-c5ccc(F)cc5)o4)cc3F)ccnc2cc1OCCCN1CCOCC1. The fourth-order valence-electron chi connectivity index (χ4n) is 5.05. The van der Waals surface area contributed by atoms with Crippen LogP contribution in [0, 0.1) is 11.6 Å². The predicted octanol–water partition coefficient (Wildman–Crippen LogP) is 6.21. The third-order valence-corrected chi connectivity index (χ3v) is 7.68. The number of ether oxygens (including phenoxy) is 4. The van der Waals surface area contributed by atoms with Crippen molar-refractivity contribution >= 4 is 22.5 Å². The molecule has 1 atom stereocenters. The molecular weight excluding hydrogens is 612 g/mol. The Morgan fingerprint density at radius 2 is 1.79 bits per heavy atom. The van der Waals surface area contributed by atoms with E-state index in [9.17, 15) is 9.18 Å². The van der Waals surface area contributed by atoms with E-state index in [1.54, 1.807) is 38.4 Å². The van der Waals surface area contributed by atoms with Gasteiger partial charge in [-0.1, -0.05) is 0 Å². The van der Waals surface area contributed by atoms with Crippen molar-refractivity contribution in [2.75, 3.05) is 51.9 Å². The van der Waals surface area contributed by atoms with Crippen LogP contribution in [0.2, 0.25) is 0 Å². The first kappa shape index (κ1) is 31.8. The van der Waals surface area contributed by atoms with E-state index in [1.807, 2.05) is 0 Å². The average Bonchev–Trinajstić information content (AvgIpc) is 3.58. The van der Waals surface area contributed by atoms with Crippen LogP contribution in [-0.4, -0.2) is 72.6 Å². The number of halogens is 2. The molecule has 0 spiro atoms. The normalized spacial score (nSPS) is 14.1. The molecule has 3 heterocycles. The smallest absolute Gasteiger partial charge is 0.247 e. The molecule has 47 heavy (non-hydrogen) atoms. The number of nitrogens with zero attached hydrogens (tertiary/aromatic N) is 4. The highest BCUT2D eigenvalue weighted by molar-refractivity contribution is 5.95. The number of methoxy groups -OCH3 is 1. The molecular formula is C34H33F2N5O6. The number of nitrogens with one attached hydrogen (secondary N) is 1. The van der Waals surface area contributed by atoms with Crippen LogP contribution in [0.4, 0.5) is 14.5 Å². The molecule has 2 aromatic heterocycles. The molecule has 1 saturated heterocycles. The molecule has 3 aromatic carbocycles. The third-order valence-electron chi connectivity index (χ3n) is 7.68. The molecule has 1 unspecified atom stereocenters. The van der Waals surface area contributed by atoms with Gasteiger partial charge in [0.05, 0.1) is 32.4 Å². The zero-order valence-corrected chi connectivity index (χ0v) is 25.9. The molecule has 6 rings (SSSR count). The Kier molecular flexibility index (Phi) is 9.83. The van der Waals surface area contributed by atoms with Crippen LogP contribution >= 0.6 is 0 Å². The van der Waals surface area contributed by atoms with Crippen LogP contribution in [0.15, 0.2) is 71.3 Å². The number of pyridine rings is 1. The van der Waals surface area contributed by atoms with Gasteiger partial charge in [-0.05, 0) is 61.9 Å². The van der Waals surface area contributed by atoms with E-state index >= 15 is 4.39 Å². The topological polar surface area (TPSA) is 121 Å². The number of rotatable bonds is 12. The van der Waals surface area contributed by atoms with Gasteiger partial charge in [0.15, 0.2) is 23.1 Å². The molecule has 1 N–H and O–H groups in total. The minimum Gasteiger partial charge on any atom is -0.493 e. The molecule has 13 heteroatoms. The molecule has 0 radical (unpaired) electrons. The van der Waals surface area contributed by atoms with Crippen molar-refractivity contribution in [3.63, 3.8) is 0 Å². The highest BCUT2D eigenvalue weighted by atomic mass is 19.1. The molecule has 1 amide bonds. The summed E-state index contributed by atoms with van der Waals surface area (Å²) in [6.45, 7) is 6.36. The first-order valence-corrected chi connectivity index (χ1v) is 15.1. The monoisotopic (exact) mass is 645 g/mol. The predicted molar refractivity (Wildman–Crippen MR) is 169 cm³/mol. The van der Waals surface area contributed by atoms with Gasteiger partial charge in [0.2, 0.25) is 17.7 Å². The molecule has 11 nitrogen and oxygen atoms in total. The maximum atomic E-state index is 15.2. The van der Waals surface area contributed by atoms with E-state index in [1.165, 1.54) is 36.4 Å². The van der Waals surface area contributed by atoms with Gasteiger partial charge in [0.1, 0.15) is 17.5 Å². The molecule has 244 valence electrons. The number of morpholine rings is 1. The first-order valence-electron chi connectivity index (χ1n) is 15.1. The summed E-state index contributed by atoms with van der Waals surface area (Å²) in [5, 5.41) is 11.1. The van der Waals surface area contributed by atoms with E-state index in [0.29, 0.717) is 40.3 Å². The van der Waals surface area contributed by atoms with Crippen molar-refractivity contribution in [3.05, 3.63) is 84.4 Å². The second-order valence-corrected chi connectivity index (χ2v) is 10.9. The Bertz CT molecular complexity index is 1850. The highest BCUT2D eigenvalue weighted by Crippen LogP contribution is 2.38. The van der Waals surface area contributed by atoms with Gasteiger partial charge < -0.3 is 28.7 Å². The number of hydrogen-bond acceptors (Lipinski definition) is 10. The van der Waals surface area contributed by atoms with E-state index in [0.717, 1.165) is 45.3 Å². The van der Waals surface area contributed by atoms with Gasteiger partial charge >= 0.3 is 0 Å². The van der Waals surface area contributed by atoms with Gasteiger partial charge in [-0.2, -0.15) is 0 Å². The summed E-state index contributed by atoms with van der Waals surface area (Å²) >= 11 is 0. The zero-order valence-electron chi connectivity index (χ0n) is 25.9. The lowest BCUT2D eigenvalue weighted by Crippen LogP contribution is -2.37. The van der Waals surface area contributed by atoms with Crippen LogP contribution in [-0.2, 0) is 9.53 Å². The molecule has 1 fully saturated rings. The van der Waals surface area contributed by atoms with E-state index in [-0.39, 0.29) is 23.2 Å². The second-order valence-electron chi connectivity index (χ2n) is 10.9. The van der Waals surface area contributed by atoms with Crippen molar-refractivity contribution in [3.8, 4) is 34.5 Å². The molecule has 0 saturated carbocycles. The van der Waals surface area contributed by atoms with Gasteiger partial charge in [-0.25, -0.2) is 8.78 Å². The summed E-state index contributed by atoms with van der Waals surface area (Å²) in [6.07, 6.45) is 2.42. The van der Waals surface area contributed by atoms with Crippen LogP contribution in [0.25, 0.3) is 22.4 Å². The van der Waals surface area contributed by atoms with Crippen molar-refractivity contribution in [2.45, 2.75) is 19.3 Å². The molecule has 1 aliphatic heterocycles. The summed E-state index contributed by atoms with van der Waals surface area (Å²) < 4.78 is 57.1. The Morgan fingerprint density at radius 1 is 0.979 bits per heavy atom. The Morgan fingerprint density at radius 3 is 2.55 bits per heavy atom. The van der Waals surface area contributed by atoms with Crippen molar-refractivity contribution < 1.29 is 36.9 Å². The fourth-order valence-corrected chi connectivity index (χ4v) is 5.05. The van der Waals surface area contributed by atoms with Crippen LogP contribution in [0.1, 0.15) is 25.2 Å². The Balaban J connectivity index is 1.10. The molecule has 5 aromatic rings. The maximum absolute atomic E-state index is 15.2. The van der Waals surface area contributed by atoms with Gasteiger partial charge in [-0.3, -0.25) is 14.7 Å². The maximum Gasteiger partial charge on any atom is 0.247 e. The number of carbonyl (C=O) groups is 1. The molecule has 0 bridgehead atoms. The van der Waals surface area contributed by atoms with Crippen LogP contribution in [0.3, 0.4) is 0 Å². The fraction of sp³-hybridized carbons (Fsp3) is 0.294. The number of hydrogen-bond donors (Lipinski definition) is 1. The third kappa shape index (κ3) is 7.64. The van der Waals surface area contributed by atoms with Gasteiger partial charge in [-0.15, -0.1) is 10.2 Å². The zero-order chi connectivity index (χ0) is 32.8. The summed E-state index contributed by atoms with van der Waals surface area (Å²) in [4.78, 5) is 19.7. The molecule has 0 aliphatic carbocycles. The lowest BCUT2D eigenvalue weighted by Gasteiger charge is -2.26. The van der Waals surface area contributed by atoms with Gasteiger partial charge in [0, 0.05) is 54.6 Å². The second kappa shape index (κ2) is 14.5. The standard InChI is InChI=1S/C34H33F2N5O6/c1-21(33-39-40-34(47-33)22-4-6-23(35)7-5-22)32(42)38-24-8-9-29(26(36)18-24)46-28-10-11-37-27-20-31(30(43-2)19-25(27)28)45-15-3-12-41-13-16-44-17-14-41/h4-11,18-21H,3,12-17H2,1-2H3,(H,38,42). The minimum atomic E-state index is -0.840. The van der Waals surface area contributed by atoms with Crippen LogP contribution < -0.4 is 19.5 Å². The molecule has 1 aliphatic rings. The lowest BCUT2D eigenvalue weighted by molar-refractivity contribution is -0.117. The summed E-state index contributed by atoms with van der Waals surface area (Å²) in [6, 6.07) is 14.8. The van der Waals surface area contributed by atoms with Gasteiger partial charge in [0.25, 0.3) is 0 Å². The Hall–Kier alpha value is -5.14. The minimum absolute atomic E-state index is 0.0493. The number of fused-ring (bicyclic) bond motifs is 1. The van der Waals surface area contributed by atoms with Crippen molar-refractivity contribution in [2.24, 2.45) is 0 Å². The summed E-state index contributed by atoms with van der Waals surface area (Å²) in [5.74, 6) is -0.836. The van der Waals surface area contributed by atoms with Crippen molar-refractivity contribution in [1.29, 1.82) is 0 Å². The van der Waals surface area contributed by atoms with Crippen LogP contribution in [0.5, 0.6) is 23.0 Å². The highest BCUT2D eigenvalue weighted by Gasteiger charge is 2.23. The average molecular weight is 646 g/mol. The van der Waals surface area contributed by atoms with E-state index in [4.69, 9.17) is 23.4 Å². The number of aromatic nitrogens is 3. The lowest BCUT2D eigenvalue weighted by atomic mass is 10.1. The number of amides is 1. The number of carbonyl (C=O) groups excluding carboxylic acids is 1. The summed E-state index contributed by atoms with van der Waals surface area (Å²) in [5.41, 5.74) is 1.31. The first-order chi connectivity index (χ1) is 22.9. The quantitative estimate of drug-likeness (QED) is 0.157. The van der Waals surface area contributed by atoms with E-state index in [2.05, 4.69) is 25.4 Å². The number of benzene rings is 3. The van der Waals surface area contributed by atoms with E-state index < -0.39 is 23.5 Å². The largest absolute Gasteiger partial charge is 0.493 e. The summed E-state index contributed by atoms with van der Waals surface area (Å²) in [7, 11) is 1.55. The Labute approximate surface area is 269 Å².